The molecule has 0 bridgehead atoms. The van der Waals surface area contributed by atoms with E-state index in [-0.39, 0.29) is 24.7 Å². The second-order valence-corrected chi connectivity index (χ2v) is 6.82. The quantitative estimate of drug-likeness (QED) is 0.469. The highest BCUT2D eigenvalue weighted by atomic mass is 19.1. The van der Waals surface area contributed by atoms with E-state index in [1.165, 1.54) is 6.07 Å². The second-order valence-electron chi connectivity index (χ2n) is 6.82. The van der Waals surface area contributed by atoms with Crippen LogP contribution in [-0.4, -0.2) is 50.8 Å². The first-order valence-corrected chi connectivity index (χ1v) is 10.4. The number of rotatable bonds is 13. The molecule has 0 aliphatic heterocycles. The predicted molar refractivity (Wildman–Crippen MR) is 116 cm³/mol. The van der Waals surface area contributed by atoms with Crippen molar-refractivity contribution in [3.8, 4) is 17.2 Å². The molecule has 170 valence electrons. The van der Waals surface area contributed by atoms with Crippen LogP contribution in [0.15, 0.2) is 36.4 Å². The summed E-state index contributed by atoms with van der Waals surface area (Å²) in [6.07, 6.45) is 0.568. The number of carbonyl (C=O) groups excluding carboxylic acids is 1. The van der Waals surface area contributed by atoms with Crippen molar-refractivity contribution in [1.82, 2.24) is 4.90 Å². The van der Waals surface area contributed by atoms with Gasteiger partial charge >= 0.3 is 0 Å². The Labute approximate surface area is 182 Å². The van der Waals surface area contributed by atoms with Crippen molar-refractivity contribution in [1.29, 1.82) is 0 Å². The third kappa shape index (κ3) is 8.05. The van der Waals surface area contributed by atoms with Crippen LogP contribution in [0.2, 0.25) is 0 Å². The van der Waals surface area contributed by atoms with Gasteiger partial charge in [-0.25, -0.2) is 8.78 Å². The van der Waals surface area contributed by atoms with E-state index >= 15 is 0 Å². The van der Waals surface area contributed by atoms with E-state index in [1.54, 1.807) is 25.3 Å². The van der Waals surface area contributed by atoms with Gasteiger partial charge in [-0.1, -0.05) is 13.8 Å². The van der Waals surface area contributed by atoms with Crippen molar-refractivity contribution in [2.45, 2.75) is 26.7 Å². The van der Waals surface area contributed by atoms with E-state index in [1.807, 2.05) is 0 Å². The van der Waals surface area contributed by atoms with Crippen molar-refractivity contribution >= 4 is 11.6 Å². The fraction of sp³-hybridized carbons (Fsp3) is 0.435. The van der Waals surface area contributed by atoms with E-state index in [0.717, 1.165) is 31.8 Å². The van der Waals surface area contributed by atoms with Gasteiger partial charge in [0, 0.05) is 30.8 Å². The van der Waals surface area contributed by atoms with Crippen LogP contribution in [0.4, 0.5) is 14.5 Å². The number of carbonyl (C=O) groups is 1. The van der Waals surface area contributed by atoms with Crippen LogP contribution in [-0.2, 0) is 4.79 Å². The largest absolute Gasteiger partial charge is 0.493 e. The third-order valence-corrected chi connectivity index (χ3v) is 4.71. The maximum Gasteiger partial charge on any atom is 0.224 e. The van der Waals surface area contributed by atoms with Crippen molar-refractivity contribution in [3.05, 3.63) is 48.0 Å². The van der Waals surface area contributed by atoms with Crippen LogP contribution < -0.4 is 19.5 Å². The lowest BCUT2D eigenvalue weighted by molar-refractivity contribution is -0.116. The normalized spacial score (nSPS) is 10.8. The van der Waals surface area contributed by atoms with Crippen molar-refractivity contribution in [3.63, 3.8) is 0 Å². The molecule has 0 aliphatic carbocycles. The lowest BCUT2D eigenvalue weighted by Gasteiger charge is -2.19. The highest BCUT2D eigenvalue weighted by Crippen LogP contribution is 2.30. The SMILES string of the molecule is CCN(CC)CCOc1cc(NC(=O)CCCOc2ccc(F)cc2F)ccc1OC. The molecular weight excluding hydrogens is 406 g/mol. The number of benzene rings is 2. The van der Waals surface area contributed by atoms with Gasteiger partial charge < -0.3 is 24.4 Å². The predicted octanol–water partition coefficient (Wildman–Crippen LogP) is 4.49. The molecule has 2 aromatic carbocycles. The molecule has 0 aliphatic rings. The van der Waals surface area contributed by atoms with Crippen molar-refractivity contribution in [2.24, 2.45) is 0 Å². The van der Waals surface area contributed by atoms with Gasteiger partial charge in [0.1, 0.15) is 12.4 Å². The van der Waals surface area contributed by atoms with Crippen LogP contribution in [0.5, 0.6) is 17.2 Å². The summed E-state index contributed by atoms with van der Waals surface area (Å²) in [4.78, 5) is 14.5. The zero-order valence-corrected chi connectivity index (χ0v) is 18.2. The Bertz CT molecular complexity index is 844. The van der Waals surface area contributed by atoms with E-state index in [9.17, 15) is 13.6 Å². The van der Waals surface area contributed by atoms with Crippen LogP contribution in [0.3, 0.4) is 0 Å². The third-order valence-electron chi connectivity index (χ3n) is 4.71. The zero-order valence-electron chi connectivity index (χ0n) is 18.2. The van der Waals surface area contributed by atoms with Gasteiger partial charge in [0.2, 0.25) is 5.91 Å². The molecule has 8 heteroatoms. The number of nitrogens with one attached hydrogen (secondary N) is 1. The summed E-state index contributed by atoms with van der Waals surface area (Å²) >= 11 is 0. The zero-order chi connectivity index (χ0) is 22.6. The fourth-order valence-electron chi connectivity index (χ4n) is 2.92. The van der Waals surface area contributed by atoms with E-state index in [0.29, 0.717) is 30.2 Å². The summed E-state index contributed by atoms with van der Waals surface area (Å²) in [5.74, 6) is -0.530. The second kappa shape index (κ2) is 12.7. The number of hydrogen-bond acceptors (Lipinski definition) is 5. The minimum Gasteiger partial charge on any atom is -0.493 e. The van der Waals surface area contributed by atoms with Crippen LogP contribution >= 0.6 is 0 Å². The van der Waals surface area contributed by atoms with Crippen LogP contribution in [0.1, 0.15) is 26.7 Å². The fourth-order valence-corrected chi connectivity index (χ4v) is 2.92. The lowest BCUT2D eigenvalue weighted by Crippen LogP contribution is -2.28. The van der Waals surface area contributed by atoms with Gasteiger partial charge in [-0.3, -0.25) is 4.79 Å². The first-order valence-electron chi connectivity index (χ1n) is 10.4. The standard InChI is InChI=1S/C23H30F2N2O4/c1-4-27(5-2)12-14-31-22-16-18(9-11-21(22)29-3)26-23(28)7-6-13-30-20-10-8-17(24)15-19(20)25/h8-11,15-16H,4-7,12-14H2,1-3H3,(H,26,28). The first kappa shape index (κ1) is 24.4. The summed E-state index contributed by atoms with van der Waals surface area (Å²) in [6, 6.07) is 8.30. The molecule has 0 unspecified atom stereocenters. The molecule has 0 spiro atoms. The van der Waals surface area contributed by atoms with Gasteiger partial charge in [-0.15, -0.1) is 0 Å². The topological polar surface area (TPSA) is 60.0 Å². The molecule has 0 atom stereocenters. The Balaban J connectivity index is 1.82. The average molecular weight is 436 g/mol. The molecular formula is C23H30F2N2O4. The smallest absolute Gasteiger partial charge is 0.224 e. The molecule has 31 heavy (non-hydrogen) atoms. The van der Waals surface area contributed by atoms with E-state index < -0.39 is 11.6 Å². The molecule has 1 N–H and O–H groups in total. The van der Waals surface area contributed by atoms with Gasteiger partial charge in [0.05, 0.1) is 13.7 Å². The van der Waals surface area contributed by atoms with Gasteiger partial charge in [-0.2, -0.15) is 0 Å². The Kier molecular flexibility index (Phi) is 10.0. The van der Waals surface area contributed by atoms with Gasteiger partial charge in [0.15, 0.2) is 23.1 Å². The molecule has 0 saturated carbocycles. The molecule has 6 nitrogen and oxygen atoms in total. The Morgan fingerprint density at radius 3 is 2.35 bits per heavy atom. The number of hydrogen-bond donors (Lipinski definition) is 1. The average Bonchev–Trinajstić information content (AvgIpc) is 2.75. The van der Waals surface area contributed by atoms with E-state index in [2.05, 4.69) is 24.1 Å². The maximum atomic E-state index is 13.5. The summed E-state index contributed by atoms with van der Waals surface area (Å²) in [5.41, 5.74) is 0.592. The number of amides is 1. The molecule has 2 aromatic rings. The molecule has 0 radical (unpaired) electrons. The van der Waals surface area contributed by atoms with Gasteiger partial charge in [0.25, 0.3) is 0 Å². The highest BCUT2D eigenvalue weighted by molar-refractivity contribution is 5.91. The molecule has 0 saturated heterocycles. The summed E-state index contributed by atoms with van der Waals surface area (Å²) in [5, 5.41) is 2.81. The monoisotopic (exact) mass is 436 g/mol. The number of nitrogens with zero attached hydrogens (tertiary/aromatic N) is 1. The highest BCUT2D eigenvalue weighted by Gasteiger charge is 2.10. The summed E-state index contributed by atoms with van der Waals surface area (Å²) in [7, 11) is 1.56. The molecule has 0 aromatic heterocycles. The minimum absolute atomic E-state index is 0.0385. The van der Waals surface area contributed by atoms with E-state index in [4.69, 9.17) is 14.2 Å². The Morgan fingerprint density at radius 1 is 0.968 bits per heavy atom. The summed E-state index contributed by atoms with van der Waals surface area (Å²) in [6.45, 7) is 7.53. The van der Waals surface area contributed by atoms with Crippen LogP contribution in [0, 0.1) is 11.6 Å². The van der Waals surface area contributed by atoms with Crippen LogP contribution in [0.25, 0.3) is 0 Å². The lowest BCUT2D eigenvalue weighted by atomic mass is 10.2. The number of anilines is 1. The number of halogens is 2. The maximum absolute atomic E-state index is 13.5. The minimum atomic E-state index is -0.767. The number of methoxy groups -OCH3 is 1. The first-order chi connectivity index (χ1) is 15.0. The van der Waals surface area contributed by atoms with Crippen molar-refractivity contribution < 1.29 is 27.8 Å². The number of likely N-dealkylation sites (N-methyl/N-ethyl adjacent to an activating group) is 1. The molecule has 0 heterocycles. The molecule has 2 rings (SSSR count). The summed E-state index contributed by atoms with van der Waals surface area (Å²) < 4.78 is 42.9. The number of ether oxygens (including phenoxy) is 3. The van der Waals surface area contributed by atoms with Crippen molar-refractivity contribution in [2.75, 3.05) is 45.3 Å². The van der Waals surface area contributed by atoms with Gasteiger partial charge in [-0.05, 0) is 43.8 Å². The Morgan fingerprint density at radius 2 is 1.68 bits per heavy atom. The molecule has 1 amide bonds. The molecule has 0 fully saturated rings. The Hall–Kier alpha value is -2.87.